The second-order valence-corrected chi connectivity index (χ2v) is 9.17. The van der Waals surface area contributed by atoms with Crippen LogP contribution in [0, 0.1) is 0 Å². The number of hydrogen-bond acceptors (Lipinski definition) is 2. The van der Waals surface area contributed by atoms with Crippen molar-refractivity contribution in [1.82, 2.24) is 9.97 Å². The summed E-state index contributed by atoms with van der Waals surface area (Å²) in [5.74, 6) is -0.951. The fourth-order valence-corrected chi connectivity index (χ4v) is 4.81. The van der Waals surface area contributed by atoms with E-state index in [9.17, 15) is 9.59 Å². The molecule has 7 heteroatoms. The van der Waals surface area contributed by atoms with Crippen molar-refractivity contribution >= 4 is 57.3 Å². The van der Waals surface area contributed by atoms with Gasteiger partial charge < -0.3 is 15.1 Å². The van der Waals surface area contributed by atoms with E-state index in [0.717, 1.165) is 45.0 Å². The smallest absolute Gasteiger partial charge is 0.337 e. The van der Waals surface area contributed by atoms with E-state index in [1.165, 1.54) is 6.20 Å². The van der Waals surface area contributed by atoms with Gasteiger partial charge in [0.25, 0.3) is 0 Å². The number of carboxylic acids is 1. The standard InChI is InChI=1S/C15H10ClNO2.C15H10ClNO/c16-13-7-14-11(12(8-17-14)15(18)19)6-10(13)9-4-2-1-3-5-9;16-14-7-15-13(11(9-18)8-17-15)6-12(14)10-4-2-1-3-5-10/h1-8,17H,(H,18,19);1-9,17H. The molecule has 2 heterocycles. The third-order valence-electron chi connectivity index (χ3n) is 6.10. The molecule has 0 saturated heterocycles. The second kappa shape index (κ2) is 10.3. The highest BCUT2D eigenvalue weighted by Gasteiger charge is 2.14. The van der Waals surface area contributed by atoms with Crippen LogP contribution in [0.3, 0.4) is 0 Å². The fraction of sp³-hybridized carbons (Fsp3) is 0. The Kier molecular flexibility index (Phi) is 6.82. The fourth-order valence-electron chi connectivity index (χ4n) is 4.26. The molecule has 0 saturated carbocycles. The predicted octanol–water partition coefficient (Wildman–Crippen LogP) is 8.49. The molecule has 182 valence electrons. The molecule has 37 heavy (non-hydrogen) atoms. The van der Waals surface area contributed by atoms with E-state index in [4.69, 9.17) is 28.3 Å². The number of aromatic amines is 2. The number of halogens is 2. The number of rotatable bonds is 4. The minimum atomic E-state index is -0.951. The molecule has 0 spiro atoms. The SMILES string of the molecule is O=C(O)c1c[nH]c2cc(Cl)c(-c3ccccc3)cc12.O=Cc1c[nH]c2cc(Cl)c(-c3ccccc3)cc12. The molecule has 0 unspecified atom stereocenters. The van der Waals surface area contributed by atoms with E-state index in [1.807, 2.05) is 78.9 Å². The van der Waals surface area contributed by atoms with Gasteiger partial charge in [-0.15, -0.1) is 0 Å². The summed E-state index contributed by atoms with van der Waals surface area (Å²) in [6.07, 6.45) is 4.03. The number of nitrogens with one attached hydrogen (secondary N) is 2. The maximum Gasteiger partial charge on any atom is 0.337 e. The Morgan fingerprint density at radius 1 is 0.703 bits per heavy atom. The van der Waals surface area contributed by atoms with Crippen molar-refractivity contribution in [3.63, 3.8) is 0 Å². The maximum absolute atomic E-state index is 11.2. The van der Waals surface area contributed by atoms with Crippen LogP contribution in [0.2, 0.25) is 10.0 Å². The summed E-state index contributed by atoms with van der Waals surface area (Å²) >= 11 is 12.5. The molecule has 5 nitrogen and oxygen atoms in total. The second-order valence-electron chi connectivity index (χ2n) is 8.36. The van der Waals surface area contributed by atoms with Crippen LogP contribution in [-0.2, 0) is 0 Å². The highest BCUT2D eigenvalue weighted by Crippen LogP contribution is 2.34. The minimum absolute atomic E-state index is 0.254. The van der Waals surface area contributed by atoms with Crippen molar-refractivity contribution in [1.29, 1.82) is 0 Å². The maximum atomic E-state index is 11.2. The van der Waals surface area contributed by atoms with Gasteiger partial charge in [-0.25, -0.2) is 4.79 Å². The quantitative estimate of drug-likeness (QED) is 0.201. The number of carbonyl (C=O) groups is 2. The van der Waals surface area contributed by atoms with Crippen molar-refractivity contribution < 1.29 is 14.7 Å². The molecule has 3 N–H and O–H groups in total. The Bertz CT molecular complexity index is 1740. The highest BCUT2D eigenvalue weighted by atomic mass is 35.5. The number of aromatic nitrogens is 2. The van der Waals surface area contributed by atoms with Crippen LogP contribution in [0.15, 0.2) is 97.3 Å². The van der Waals surface area contributed by atoms with Crippen molar-refractivity contribution in [2.24, 2.45) is 0 Å². The molecule has 0 amide bonds. The lowest BCUT2D eigenvalue weighted by molar-refractivity contribution is 0.0699. The zero-order valence-corrected chi connectivity index (χ0v) is 20.8. The van der Waals surface area contributed by atoms with Gasteiger partial charge in [0.05, 0.1) is 15.6 Å². The van der Waals surface area contributed by atoms with Gasteiger partial charge in [-0.1, -0.05) is 83.9 Å². The summed E-state index contributed by atoms with van der Waals surface area (Å²) in [7, 11) is 0. The molecule has 0 aliphatic heterocycles. The monoisotopic (exact) mass is 526 g/mol. The number of H-pyrrole nitrogens is 2. The molecule has 0 fully saturated rings. The van der Waals surface area contributed by atoms with Gasteiger partial charge in [0.15, 0.2) is 6.29 Å². The van der Waals surface area contributed by atoms with Gasteiger partial charge in [-0.3, -0.25) is 4.79 Å². The van der Waals surface area contributed by atoms with Crippen molar-refractivity contribution in [3.8, 4) is 22.3 Å². The first-order valence-corrected chi connectivity index (χ1v) is 12.1. The summed E-state index contributed by atoms with van der Waals surface area (Å²) < 4.78 is 0. The van der Waals surface area contributed by atoms with Crippen LogP contribution in [0.1, 0.15) is 20.7 Å². The van der Waals surface area contributed by atoms with Gasteiger partial charge in [-0.2, -0.15) is 0 Å². The number of aldehydes is 1. The number of carbonyl (C=O) groups excluding carboxylic acids is 1. The first kappa shape index (κ1) is 24.4. The largest absolute Gasteiger partial charge is 0.478 e. The zero-order valence-electron chi connectivity index (χ0n) is 19.3. The normalized spacial score (nSPS) is 10.8. The van der Waals surface area contributed by atoms with Crippen molar-refractivity contribution in [2.45, 2.75) is 0 Å². The van der Waals surface area contributed by atoms with Crippen LogP contribution < -0.4 is 0 Å². The predicted molar refractivity (Wildman–Crippen MR) is 150 cm³/mol. The molecule has 0 aliphatic rings. The highest BCUT2D eigenvalue weighted by molar-refractivity contribution is 6.34. The van der Waals surface area contributed by atoms with Crippen LogP contribution in [-0.4, -0.2) is 27.3 Å². The van der Waals surface area contributed by atoms with E-state index in [1.54, 1.807) is 12.3 Å². The molecule has 0 radical (unpaired) electrons. The van der Waals surface area contributed by atoms with Crippen LogP contribution >= 0.6 is 23.2 Å². The third-order valence-corrected chi connectivity index (χ3v) is 6.72. The summed E-state index contributed by atoms with van der Waals surface area (Å²) in [5.41, 5.74) is 6.28. The van der Waals surface area contributed by atoms with E-state index < -0.39 is 5.97 Å². The first-order chi connectivity index (χ1) is 18.0. The number of benzene rings is 4. The minimum Gasteiger partial charge on any atom is -0.478 e. The topological polar surface area (TPSA) is 85.9 Å². The van der Waals surface area contributed by atoms with Gasteiger partial charge in [0, 0.05) is 50.9 Å². The van der Waals surface area contributed by atoms with Gasteiger partial charge in [0.1, 0.15) is 0 Å². The molecule has 6 aromatic rings. The van der Waals surface area contributed by atoms with Crippen LogP contribution in [0.5, 0.6) is 0 Å². The molecular formula is C30H20Cl2N2O3. The van der Waals surface area contributed by atoms with E-state index >= 15 is 0 Å². The lowest BCUT2D eigenvalue weighted by Gasteiger charge is -2.05. The molecule has 4 aromatic carbocycles. The van der Waals surface area contributed by atoms with Crippen LogP contribution in [0.4, 0.5) is 0 Å². The third kappa shape index (κ3) is 4.87. The van der Waals surface area contributed by atoms with Crippen molar-refractivity contribution in [2.75, 3.05) is 0 Å². The summed E-state index contributed by atoms with van der Waals surface area (Å²) in [6.45, 7) is 0. The number of hydrogen-bond donors (Lipinski definition) is 3. The molecule has 6 rings (SSSR count). The number of aromatic carboxylic acids is 1. The summed E-state index contributed by atoms with van der Waals surface area (Å²) in [6, 6.07) is 26.9. The molecule has 2 aromatic heterocycles. The van der Waals surface area contributed by atoms with Gasteiger partial charge >= 0.3 is 5.97 Å². The van der Waals surface area contributed by atoms with Gasteiger partial charge in [-0.05, 0) is 35.4 Å². The van der Waals surface area contributed by atoms with E-state index in [-0.39, 0.29) is 5.56 Å². The Hall–Kier alpha value is -4.32. The lowest BCUT2D eigenvalue weighted by Crippen LogP contribution is -1.93. The average Bonchev–Trinajstić information content (AvgIpc) is 3.52. The summed E-state index contributed by atoms with van der Waals surface area (Å²) in [4.78, 5) is 28.1. The average molecular weight is 527 g/mol. The molecule has 0 bridgehead atoms. The van der Waals surface area contributed by atoms with Crippen molar-refractivity contribution in [3.05, 3.63) is 118 Å². The summed E-state index contributed by atoms with van der Waals surface area (Å²) in [5, 5.41) is 12.0. The Balaban J connectivity index is 0.000000152. The lowest BCUT2D eigenvalue weighted by atomic mass is 10.0. The Morgan fingerprint density at radius 3 is 1.70 bits per heavy atom. The van der Waals surface area contributed by atoms with E-state index in [0.29, 0.717) is 21.0 Å². The molecular weight excluding hydrogens is 507 g/mol. The zero-order chi connectivity index (χ0) is 25.9. The number of carboxylic acid groups (broad SMARTS) is 1. The molecule has 0 aliphatic carbocycles. The number of fused-ring (bicyclic) bond motifs is 2. The van der Waals surface area contributed by atoms with E-state index in [2.05, 4.69) is 9.97 Å². The Morgan fingerprint density at radius 2 is 1.19 bits per heavy atom. The Labute approximate surface area is 222 Å². The van der Waals surface area contributed by atoms with Crippen LogP contribution in [0.25, 0.3) is 44.1 Å². The van der Waals surface area contributed by atoms with Gasteiger partial charge in [0.2, 0.25) is 0 Å². The molecule has 0 atom stereocenters. The first-order valence-electron chi connectivity index (χ1n) is 11.4.